The number of carbonyl (C=O) groups excluding carboxylic acids is 1. The van der Waals surface area contributed by atoms with Gasteiger partial charge in [-0.05, 0) is 12.8 Å². The van der Waals surface area contributed by atoms with Crippen LogP contribution in [0.25, 0.3) is 0 Å². The Kier molecular flexibility index (Phi) is 3.75. The van der Waals surface area contributed by atoms with Gasteiger partial charge in [-0.25, -0.2) is 0 Å². The van der Waals surface area contributed by atoms with Crippen molar-refractivity contribution in [1.82, 2.24) is 14.7 Å². The average Bonchev–Trinajstić information content (AvgIpc) is 2.67. The number of aryl methyl sites for hydroxylation is 1. The van der Waals surface area contributed by atoms with Crippen molar-refractivity contribution in [2.45, 2.75) is 18.9 Å². The third-order valence-corrected chi connectivity index (χ3v) is 2.98. The summed E-state index contributed by atoms with van der Waals surface area (Å²) in [6, 6.07) is 2.08. The fraction of sp³-hybridized carbons (Fsp3) is 0.636. The lowest BCUT2D eigenvalue weighted by molar-refractivity contribution is -0.117. The Morgan fingerprint density at radius 1 is 1.59 bits per heavy atom. The van der Waals surface area contributed by atoms with Crippen molar-refractivity contribution in [1.29, 1.82) is 0 Å². The molecule has 1 amide bonds. The number of hydrogen-bond donors (Lipinski definition) is 2. The second-order valence-corrected chi connectivity index (χ2v) is 4.54. The molecule has 0 saturated carbocycles. The number of nitrogens with one attached hydrogen (secondary N) is 1. The molecule has 94 valence electrons. The molecule has 0 aromatic carbocycles. The van der Waals surface area contributed by atoms with Crippen molar-refractivity contribution < 1.29 is 4.79 Å². The van der Waals surface area contributed by atoms with Crippen LogP contribution in [0.15, 0.2) is 12.3 Å². The molecule has 3 N–H and O–H groups in total. The normalized spacial score (nSPS) is 18.2. The molecule has 1 aliphatic rings. The highest BCUT2D eigenvalue weighted by molar-refractivity contribution is 5.91. The van der Waals surface area contributed by atoms with E-state index in [0.717, 1.165) is 25.9 Å². The third kappa shape index (κ3) is 3.54. The molecular formula is C11H19N5O. The molecule has 0 radical (unpaired) electrons. The van der Waals surface area contributed by atoms with Crippen LogP contribution in [0.4, 0.5) is 5.82 Å². The number of carbonyl (C=O) groups is 1. The van der Waals surface area contributed by atoms with Crippen molar-refractivity contribution in [2.24, 2.45) is 12.8 Å². The van der Waals surface area contributed by atoms with E-state index in [1.54, 1.807) is 16.9 Å². The minimum atomic E-state index is -0.0147. The molecule has 17 heavy (non-hydrogen) atoms. The summed E-state index contributed by atoms with van der Waals surface area (Å²) in [5.41, 5.74) is 5.81. The van der Waals surface area contributed by atoms with Crippen LogP contribution in [0, 0.1) is 0 Å². The summed E-state index contributed by atoms with van der Waals surface area (Å²) in [6.45, 7) is 2.22. The van der Waals surface area contributed by atoms with Gasteiger partial charge in [0.05, 0.1) is 6.54 Å². The number of rotatable bonds is 3. The van der Waals surface area contributed by atoms with Crippen molar-refractivity contribution in [2.75, 3.05) is 25.0 Å². The average molecular weight is 237 g/mol. The van der Waals surface area contributed by atoms with Crippen LogP contribution in [0.2, 0.25) is 0 Å². The van der Waals surface area contributed by atoms with Gasteiger partial charge in [0.15, 0.2) is 5.82 Å². The van der Waals surface area contributed by atoms with E-state index in [9.17, 15) is 4.79 Å². The lowest BCUT2D eigenvalue weighted by atomic mass is 10.1. The van der Waals surface area contributed by atoms with Crippen molar-refractivity contribution in [3.05, 3.63) is 12.3 Å². The molecular weight excluding hydrogens is 218 g/mol. The fourth-order valence-corrected chi connectivity index (χ4v) is 1.98. The van der Waals surface area contributed by atoms with E-state index in [2.05, 4.69) is 15.3 Å². The molecule has 1 fully saturated rings. The maximum absolute atomic E-state index is 11.7. The first-order valence-electron chi connectivity index (χ1n) is 5.91. The minimum absolute atomic E-state index is 0.0147. The van der Waals surface area contributed by atoms with Gasteiger partial charge in [-0.1, -0.05) is 0 Å². The van der Waals surface area contributed by atoms with Crippen LogP contribution in [-0.2, 0) is 11.8 Å². The predicted octanol–water partition coefficient (Wildman–Crippen LogP) is -0.218. The SMILES string of the molecule is Cn1ccc(NC(=O)CN2CCC(N)CC2)n1. The van der Waals surface area contributed by atoms with Gasteiger partial charge in [0.1, 0.15) is 0 Å². The molecule has 1 aromatic heterocycles. The first-order valence-corrected chi connectivity index (χ1v) is 5.91. The van der Waals surface area contributed by atoms with Crippen LogP contribution in [-0.4, -0.2) is 46.3 Å². The molecule has 0 spiro atoms. The Morgan fingerprint density at radius 2 is 2.29 bits per heavy atom. The van der Waals surface area contributed by atoms with E-state index in [4.69, 9.17) is 5.73 Å². The number of aromatic nitrogens is 2. The Hall–Kier alpha value is -1.40. The molecule has 0 bridgehead atoms. The Bertz CT molecular complexity index is 381. The third-order valence-electron chi connectivity index (χ3n) is 2.98. The fourth-order valence-electron chi connectivity index (χ4n) is 1.98. The van der Waals surface area contributed by atoms with Crippen LogP contribution >= 0.6 is 0 Å². The number of piperidine rings is 1. The number of nitrogens with zero attached hydrogens (tertiary/aromatic N) is 3. The van der Waals surface area contributed by atoms with Gasteiger partial charge in [-0.2, -0.15) is 5.10 Å². The van der Waals surface area contributed by atoms with E-state index in [1.165, 1.54) is 0 Å². The van der Waals surface area contributed by atoms with Gasteiger partial charge >= 0.3 is 0 Å². The van der Waals surface area contributed by atoms with Crippen molar-refractivity contribution >= 4 is 11.7 Å². The molecule has 0 aliphatic carbocycles. The quantitative estimate of drug-likeness (QED) is 0.762. The smallest absolute Gasteiger partial charge is 0.239 e. The number of hydrogen-bond acceptors (Lipinski definition) is 4. The first kappa shape index (κ1) is 12.1. The van der Waals surface area contributed by atoms with Gasteiger partial charge < -0.3 is 11.1 Å². The largest absolute Gasteiger partial charge is 0.328 e. The Balaban J connectivity index is 1.77. The topological polar surface area (TPSA) is 76.2 Å². The standard InChI is InChI=1S/C11H19N5O/c1-15-5-4-10(14-15)13-11(17)8-16-6-2-9(12)3-7-16/h4-5,9H,2-3,6-8,12H2,1H3,(H,13,14,17). The van der Waals surface area contributed by atoms with E-state index in [0.29, 0.717) is 18.4 Å². The molecule has 6 nitrogen and oxygen atoms in total. The second-order valence-electron chi connectivity index (χ2n) is 4.54. The minimum Gasteiger partial charge on any atom is -0.328 e. The van der Waals surface area contributed by atoms with Gasteiger partial charge in [-0.3, -0.25) is 14.4 Å². The van der Waals surface area contributed by atoms with E-state index < -0.39 is 0 Å². The highest BCUT2D eigenvalue weighted by atomic mass is 16.2. The molecule has 1 saturated heterocycles. The summed E-state index contributed by atoms with van der Waals surface area (Å²) in [5.74, 6) is 0.588. The van der Waals surface area contributed by atoms with Crippen LogP contribution in [0.1, 0.15) is 12.8 Å². The molecule has 2 heterocycles. The zero-order chi connectivity index (χ0) is 12.3. The van der Waals surface area contributed by atoms with Crippen molar-refractivity contribution in [3.8, 4) is 0 Å². The first-order chi connectivity index (χ1) is 8.13. The number of nitrogens with two attached hydrogens (primary N) is 1. The van der Waals surface area contributed by atoms with Crippen LogP contribution < -0.4 is 11.1 Å². The van der Waals surface area contributed by atoms with Crippen LogP contribution in [0.5, 0.6) is 0 Å². The molecule has 1 aliphatic heterocycles. The Morgan fingerprint density at radius 3 is 2.88 bits per heavy atom. The zero-order valence-corrected chi connectivity index (χ0v) is 10.1. The van der Waals surface area contributed by atoms with Gasteiger partial charge in [0.2, 0.25) is 5.91 Å². The van der Waals surface area contributed by atoms with Gasteiger partial charge in [-0.15, -0.1) is 0 Å². The lowest BCUT2D eigenvalue weighted by Gasteiger charge is -2.29. The lowest BCUT2D eigenvalue weighted by Crippen LogP contribution is -2.43. The highest BCUT2D eigenvalue weighted by Gasteiger charge is 2.18. The summed E-state index contributed by atoms with van der Waals surface area (Å²) >= 11 is 0. The second kappa shape index (κ2) is 5.29. The maximum Gasteiger partial charge on any atom is 0.239 e. The molecule has 2 rings (SSSR count). The summed E-state index contributed by atoms with van der Waals surface area (Å²) in [7, 11) is 1.82. The summed E-state index contributed by atoms with van der Waals surface area (Å²) in [5, 5.41) is 6.88. The molecule has 1 aromatic rings. The Labute approximate surface area is 101 Å². The number of likely N-dealkylation sites (tertiary alicyclic amines) is 1. The van der Waals surface area contributed by atoms with Crippen molar-refractivity contribution in [3.63, 3.8) is 0 Å². The van der Waals surface area contributed by atoms with Crippen LogP contribution in [0.3, 0.4) is 0 Å². The maximum atomic E-state index is 11.7. The number of anilines is 1. The summed E-state index contributed by atoms with van der Waals surface area (Å²) in [6.07, 6.45) is 3.74. The monoisotopic (exact) mass is 237 g/mol. The van der Waals surface area contributed by atoms with Gasteiger partial charge in [0, 0.05) is 38.4 Å². The van der Waals surface area contributed by atoms with E-state index in [1.807, 2.05) is 7.05 Å². The molecule has 0 atom stereocenters. The van der Waals surface area contributed by atoms with E-state index >= 15 is 0 Å². The zero-order valence-electron chi connectivity index (χ0n) is 10.1. The summed E-state index contributed by atoms with van der Waals surface area (Å²) in [4.78, 5) is 13.9. The highest BCUT2D eigenvalue weighted by Crippen LogP contribution is 2.08. The number of amides is 1. The molecule has 6 heteroatoms. The predicted molar refractivity (Wildman–Crippen MR) is 65.5 cm³/mol. The van der Waals surface area contributed by atoms with E-state index in [-0.39, 0.29) is 5.91 Å². The molecule has 0 unspecified atom stereocenters. The summed E-state index contributed by atoms with van der Waals surface area (Å²) < 4.78 is 1.66. The van der Waals surface area contributed by atoms with Gasteiger partial charge in [0.25, 0.3) is 0 Å².